The highest BCUT2D eigenvalue weighted by Gasteiger charge is 2.24. The van der Waals surface area contributed by atoms with Gasteiger partial charge >= 0.3 is 12.1 Å². The number of hydrazone groups is 1. The molecular formula is C36H60N10O8. The molecule has 0 aliphatic carbocycles. The monoisotopic (exact) mass is 760 g/mol. The number of benzene rings is 2. The number of urea groups is 1. The van der Waals surface area contributed by atoms with E-state index in [0.717, 1.165) is 24.1 Å². The SMILES string of the molecule is CC(CCC(=N)N)NC(=O)OCc1ccccc1.CC1Cc2ccccc2N1C=O.COC(C)(C)C.COCNN.NC(=O)N/N=C/C(CC=O)NC=O. The summed E-state index contributed by atoms with van der Waals surface area (Å²) in [4.78, 5) is 54.1. The van der Waals surface area contributed by atoms with Crippen molar-refractivity contribution in [1.82, 2.24) is 21.5 Å². The van der Waals surface area contributed by atoms with E-state index in [1.54, 1.807) is 19.1 Å². The van der Waals surface area contributed by atoms with Gasteiger partial charge in [-0.2, -0.15) is 5.10 Å². The first kappa shape index (κ1) is 50.7. The fourth-order valence-corrected chi connectivity index (χ4v) is 3.80. The molecule has 11 N–H and O–H groups in total. The highest BCUT2D eigenvalue weighted by molar-refractivity contribution is 5.80. The standard InChI is InChI=1S/C13H19N3O2.C10H11NO.C6H10N4O3.C5H12O.C2H8N2O/c1-10(7-8-12(14)15)16-13(17)18-9-11-5-3-2-4-6-11;1-8-6-9-4-2-3-5-10(9)11(8)7-12;7-6(13)10-9-3-5(1-2-11)8-4-12;1-5(2,3)6-4;1-5-2-4-3/h2-6,10H,7-9H2,1H3,(H3,14,15)(H,16,17);2-5,7-8H,6H2,1H3;2-5H,1H2,(H,8,12)(H3,7,10,13);1-4H3;4H,2-3H2,1H3/b;;9-3+;;. The number of primary amides is 1. The molecule has 18 heteroatoms. The first-order chi connectivity index (χ1) is 25.6. The lowest BCUT2D eigenvalue weighted by molar-refractivity contribution is -0.110. The van der Waals surface area contributed by atoms with E-state index in [2.05, 4.69) is 38.9 Å². The van der Waals surface area contributed by atoms with Crippen LogP contribution in [0.5, 0.6) is 0 Å². The molecule has 0 bridgehead atoms. The summed E-state index contributed by atoms with van der Waals surface area (Å²) in [5.41, 5.74) is 17.5. The van der Waals surface area contributed by atoms with Crippen molar-refractivity contribution in [3.05, 3.63) is 65.7 Å². The maximum absolute atomic E-state index is 11.5. The summed E-state index contributed by atoms with van der Waals surface area (Å²) in [6.07, 6.45) is 4.90. The number of nitrogens with two attached hydrogens (primary N) is 3. The summed E-state index contributed by atoms with van der Waals surface area (Å²) in [6, 6.07) is 16.5. The molecule has 0 fully saturated rings. The maximum Gasteiger partial charge on any atom is 0.407 e. The zero-order valence-corrected chi connectivity index (χ0v) is 32.4. The van der Waals surface area contributed by atoms with Crippen LogP contribution in [-0.4, -0.2) is 88.0 Å². The van der Waals surface area contributed by atoms with E-state index in [0.29, 0.717) is 38.3 Å². The van der Waals surface area contributed by atoms with Gasteiger partial charge < -0.3 is 46.0 Å². The molecule has 0 saturated heterocycles. The molecule has 1 heterocycles. The molecule has 3 rings (SSSR count). The Hall–Kier alpha value is -5.43. The van der Waals surface area contributed by atoms with Crippen molar-refractivity contribution in [2.24, 2.45) is 22.4 Å². The molecule has 0 saturated carbocycles. The number of anilines is 1. The maximum atomic E-state index is 11.5. The van der Waals surface area contributed by atoms with E-state index in [1.165, 1.54) is 11.8 Å². The predicted octanol–water partition coefficient (Wildman–Crippen LogP) is 2.44. The Morgan fingerprint density at radius 1 is 1.06 bits per heavy atom. The summed E-state index contributed by atoms with van der Waals surface area (Å²) in [5.74, 6) is 4.89. The largest absolute Gasteiger partial charge is 0.445 e. The Kier molecular flexibility index (Phi) is 29.2. The number of carbonyl (C=O) groups is 5. The van der Waals surface area contributed by atoms with Crippen LogP contribution in [0.1, 0.15) is 65.0 Å². The van der Waals surface area contributed by atoms with Crippen LogP contribution < -0.4 is 43.7 Å². The highest BCUT2D eigenvalue weighted by atomic mass is 16.5. The Morgan fingerprint density at radius 2 is 1.67 bits per heavy atom. The number of amides is 5. The van der Waals surface area contributed by atoms with Gasteiger partial charge in [0.15, 0.2) is 0 Å². The number of methoxy groups -OCH3 is 2. The third-order valence-electron chi connectivity index (χ3n) is 6.70. The van der Waals surface area contributed by atoms with Crippen LogP contribution in [0.3, 0.4) is 0 Å². The molecule has 2 aromatic rings. The number of rotatable bonds is 15. The zero-order chi connectivity index (χ0) is 41.4. The molecule has 0 aromatic heterocycles. The van der Waals surface area contributed by atoms with E-state index < -0.39 is 18.2 Å². The number of alkyl carbamates (subject to hydrolysis) is 1. The smallest absolute Gasteiger partial charge is 0.407 e. The quantitative estimate of drug-likeness (QED) is 0.0326. The van der Waals surface area contributed by atoms with Crippen molar-refractivity contribution < 1.29 is 38.2 Å². The van der Waals surface area contributed by atoms with Gasteiger partial charge in [0, 0.05) is 51.0 Å². The van der Waals surface area contributed by atoms with Crippen LogP contribution >= 0.6 is 0 Å². The summed E-state index contributed by atoms with van der Waals surface area (Å²) in [7, 11) is 3.28. The lowest BCUT2D eigenvalue weighted by Crippen LogP contribution is -2.33. The predicted molar refractivity (Wildman–Crippen MR) is 209 cm³/mol. The number of carbonyl (C=O) groups excluding carboxylic acids is 5. The topological polar surface area (TPSA) is 279 Å². The molecule has 0 spiro atoms. The number of fused-ring (bicyclic) bond motifs is 1. The number of hydrogen-bond donors (Lipinski definition) is 8. The molecule has 3 atom stereocenters. The van der Waals surface area contributed by atoms with Gasteiger partial charge in [-0.25, -0.2) is 20.4 Å². The Labute approximate surface area is 318 Å². The van der Waals surface area contributed by atoms with Gasteiger partial charge in [-0.15, -0.1) is 0 Å². The first-order valence-corrected chi connectivity index (χ1v) is 16.9. The summed E-state index contributed by atoms with van der Waals surface area (Å²) in [6.45, 7) is 10.7. The van der Waals surface area contributed by atoms with Gasteiger partial charge in [0.1, 0.15) is 19.6 Å². The van der Waals surface area contributed by atoms with Crippen LogP contribution in [0.2, 0.25) is 0 Å². The van der Waals surface area contributed by atoms with Gasteiger partial charge in [-0.3, -0.25) is 20.8 Å². The Balaban J connectivity index is 0. The van der Waals surface area contributed by atoms with E-state index >= 15 is 0 Å². The molecule has 0 radical (unpaired) electrons. The van der Waals surface area contributed by atoms with Crippen molar-refractivity contribution in [2.75, 3.05) is 25.9 Å². The number of para-hydroxylation sites is 1. The number of nitrogens with zero attached hydrogens (tertiary/aromatic N) is 2. The second kappa shape index (κ2) is 31.1. The van der Waals surface area contributed by atoms with Crippen LogP contribution in [0.15, 0.2) is 59.7 Å². The Morgan fingerprint density at radius 3 is 2.15 bits per heavy atom. The van der Waals surface area contributed by atoms with Gasteiger partial charge in [-0.05, 0) is 64.7 Å². The fourth-order valence-electron chi connectivity index (χ4n) is 3.80. The van der Waals surface area contributed by atoms with E-state index in [9.17, 15) is 24.0 Å². The summed E-state index contributed by atoms with van der Waals surface area (Å²) in [5, 5.41) is 15.5. The van der Waals surface area contributed by atoms with Crippen LogP contribution in [-0.2, 0) is 41.6 Å². The molecule has 5 amide bonds. The number of hydrazine groups is 1. The lowest BCUT2D eigenvalue weighted by Gasteiger charge is -2.15. The molecule has 302 valence electrons. The van der Waals surface area contributed by atoms with Crippen molar-refractivity contribution in [2.45, 2.75) is 90.6 Å². The minimum Gasteiger partial charge on any atom is -0.445 e. The highest BCUT2D eigenvalue weighted by Crippen LogP contribution is 2.30. The summed E-state index contributed by atoms with van der Waals surface area (Å²) >= 11 is 0. The van der Waals surface area contributed by atoms with Crippen molar-refractivity contribution in [3.63, 3.8) is 0 Å². The number of aldehydes is 1. The second-order valence-electron chi connectivity index (χ2n) is 12.4. The number of ether oxygens (including phenoxy) is 3. The van der Waals surface area contributed by atoms with Gasteiger partial charge in [-0.1, -0.05) is 48.5 Å². The minimum absolute atomic E-state index is 0.0417. The third kappa shape index (κ3) is 28.2. The summed E-state index contributed by atoms with van der Waals surface area (Å²) < 4.78 is 14.5. The second-order valence-corrected chi connectivity index (χ2v) is 12.4. The van der Waals surface area contributed by atoms with Crippen molar-refractivity contribution in [3.8, 4) is 0 Å². The van der Waals surface area contributed by atoms with Crippen molar-refractivity contribution in [1.29, 1.82) is 5.41 Å². The van der Waals surface area contributed by atoms with Crippen LogP contribution in [0.4, 0.5) is 15.3 Å². The fraction of sp³-hybridized carbons (Fsp3) is 0.472. The molecule has 1 aliphatic heterocycles. The number of amidine groups is 1. The van der Waals surface area contributed by atoms with Crippen LogP contribution in [0.25, 0.3) is 0 Å². The van der Waals surface area contributed by atoms with E-state index in [4.69, 9.17) is 32.2 Å². The molecule has 2 aromatic carbocycles. The van der Waals surface area contributed by atoms with Crippen LogP contribution in [0, 0.1) is 5.41 Å². The van der Waals surface area contributed by atoms with E-state index in [1.807, 2.05) is 81.7 Å². The normalized spacial score (nSPS) is 13.5. The number of nitrogens with one attached hydrogen (secondary N) is 5. The average molecular weight is 761 g/mol. The molecule has 3 unspecified atom stereocenters. The zero-order valence-electron chi connectivity index (χ0n) is 32.4. The molecule has 18 nitrogen and oxygen atoms in total. The Bertz CT molecular complexity index is 1360. The van der Waals surface area contributed by atoms with Crippen molar-refractivity contribution >= 4 is 49.0 Å². The first-order valence-electron chi connectivity index (χ1n) is 16.9. The van der Waals surface area contributed by atoms with Gasteiger partial charge in [0.2, 0.25) is 12.8 Å². The van der Waals surface area contributed by atoms with Gasteiger partial charge in [0.25, 0.3) is 0 Å². The third-order valence-corrected chi connectivity index (χ3v) is 6.70. The minimum atomic E-state index is -0.813. The molecule has 1 aliphatic rings. The molecular weight excluding hydrogens is 700 g/mol. The lowest BCUT2D eigenvalue weighted by atomic mass is 10.1. The number of hydrogen-bond acceptors (Lipinski definition) is 12. The molecule has 54 heavy (non-hydrogen) atoms. The van der Waals surface area contributed by atoms with Gasteiger partial charge in [0.05, 0.1) is 17.5 Å². The average Bonchev–Trinajstić information content (AvgIpc) is 3.46. The van der Waals surface area contributed by atoms with E-state index in [-0.39, 0.29) is 30.5 Å².